The Labute approximate surface area is 97.6 Å². The van der Waals surface area contributed by atoms with Gasteiger partial charge in [0.25, 0.3) is 0 Å². The molecule has 1 rings (SSSR count). The molecular weight excluding hydrogens is 204 g/mol. The van der Waals surface area contributed by atoms with Gasteiger partial charge in [-0.25, -0.2) is 0 Å². The molecule has 94 valence electrons. The first-order valence-electron chi connectivity index (χ1n) is 6.34. The van der Waals surface area contributed by atoms with E-state index in [1.54, 1.807) is 0 Å². The quantitative estimate of drug-likeness (QED) is 0.624. The van der Waals surface area contributed by atoms with E-state index >= 15 is 0 Å². The SMILES string of the molecule is CCCC(CN)C(=O)NC1CCCC1CO. The van der Waals surface area contributed by atoms with Gasteiger partial charge in [-0.2, -0.15) is 0 Å². The van der Waals surface area contributed by atoms with Crippen molar-refractivity contribution in [3.63, 3.8) is 0 Å². The lowest BCUT2D eigenvalue weighted by Crippen LogP contribution is -2.43. The van der Waals surface area contributed by atoms with Crippen molar-refractivity contribution >= 4 is 5.91 Å². The summed E-state index contributed by atoms with van der Waals surface area (Å²) in [6.45, 7) is 2.64. The molecule has 0 spiro atoms. The van der Waals surface area contributed by atoms with Gasteiger partial charge in [-0.15, -0.1) is 0 Å². The Morgan fingerprint density at radius 2 is 2.31 bits per heavy atom. The molecule has 1 amide bonds. The summed E-state index contributed by atoms with van der Waals surface area (Å²) in [5, 5.41) is 12.2. The zero-order chi connectivity index (χ0) is 12.0. The largest absolute Gasteiger partial charge is 0.396 e. The molecule has 3 unspecified atom stereocenters. The number of aliphatic hydroxyl groups excluding tert-OH is 1. The number of nitrogens with two attached hydrogens (primary N) is 1. The van der Waals surface area contributed by atoms with Crippen molar-refractivity contribution in [1.82, 2.24) is 5.32 Å². The molecule has 0 aliphatic heterocycles. The maximum absolute atomic E-state index is 11.9. The van der Waals surface area contributed by atoms with Crippen LogP contribution >= 0.6 is 0 Å². The highest BCUT2D eigenvalue weighted by Crippen LogP contribution is 2.25. The number of rotatable bonds is 6. The van der Waals surface area contributed by atoms with Crippen LogP contribution in [0.4, 0.5) is 0 Å². The van der Waals surface area contributed by atoms with Crippen molar-refractivity contribution in [2.24, 2.45) is 17.6 Å². The summed E-state index contributed by atoms with van der Waals surface area (Å²) in [4.78, 5) is 11.9. The first-order valence-corrected chi connectivity index (χ1v) is 6.34. The van der Waals surface area contributed by atoms with Crippen LogP contribution in [0.2, 0.25) is 0 Å². The average molecular weight is 228 g/mol. The first-order chi connectivity index (χ1) is 7.72. The molecule has 0 saturated heterocycles. The van der Waals surface area contributed by atoms with Crippen LogP contribution in [-0.2, 0) is 4.79 Å². The van der Waals surface area contributed by atoms with Crippen LogP contribution in [-0.4, -0.2) is 30.2 Å². The monoisotopic (exact) mass is 228 g/mol. The van der Waals surface area contributed by atoms with E-state index in [4.69, 9.17) is 5.73 Å². The van der Waals surface area contributed by atoms with Gasteiger partial charge in [-0.3, -0.25) is 4.79 Å². The van der Waals surface area contributed by atoms with Crippen LogP contribution in [0.3, 0.4) is 0 Å². The third-order valence-electron chi connectivity index (χ3n) is 3.51. The van der Waals surface area contributed by atoms with Crippen molar-refractivity contribution in [2.75, 3.05) is 13.2 Å². The fraction of sp³-hybridized carbons (Fsp3) is 0.917. The Morgan fingerprint density at radius 3 is 2.88 bits per heavy atom. The van der Waals surface area contributed by atoms with Crippen LogP contribution in [0.5, 0.6) is 0 Å². The van der Waals surface area contributed by atoms with Crippen LogP contribution in [0.15, 0.2) is 0 Å². The molecule has 4 nitrogen and oxygen atoms in total. The third-order valence-corrected chi connectivity index (χ3v) is 3.51. The van der Waals surface area contributed by atoms with Crippen LogP contribution < -0.4 is 11.1 Å². The molecule has 0 heterocycles. The Bertz CT molecular complexity index is 221. The molecule has 0 aromatic carbocycles. The van der Waals surface area contributed by atoms with Crippen LogP contribution in [0.1, 0.15) is 39.0 Å². The molecule has 1 saturated carbocycles. The standard InChI is InChI=1S/C12H24N2O2/c1-2-4-9(7-13)12(16)14-11-6-3-5-10(11)8-15/h9-11,15H,2-8,13H2,1H3,(H,14,16). The number of nitrogens with one attached hydrogen (secondary N) is 1. The molecule has 1 aliphatic carbocycles. The fourth-order valence-corrected chi connectivity index (χ4v) is 2.45. The summed E-state index contributed by atoms with van der Waals surface area (Å²) in [6, 6.07) is 0.156. The van der Waals surface area contributed by atoms with Crippen LogP contribution in [0.25, 0.3) is 0 Å². The summed E-state index contributed by atoms with van der Waals surface area (Å²) >= 11 is 0. The second-order valence-electron chi connectivity index (χ2n) is 4.71. The highest BCUT2D eigenvalue weighted by molar-refractivity contribution is 5.79. The van der Waals surface area contributed by atoms with Gasteiger partial charge >= 0.3 is 0 Å². The van der Waals surface area contributed by atoms with Gasteiger partial charge in [0, 0.05) is 25.1 Å². The predicted molar refractivity (Wildman–Crippen MR) is 63.8 cm³/mol. The summed E-state index contributed by atoms with van der Waals surface area (Å²) < 4.78 is 0. The van der Waals surface area contributed by atoms with E-state index in [1.807, 2.05) is 0 Å². The van der Waals surface area contributed by atoms with E-state index < -0.39 is 0 Å². The predicted octanol–water partition coefficient (Wildman–Crippen LogP) is 0.639. The Balaban J connectivity index is 2.42. The summed E-state index contributed by atoms with van der Waals surface area (Å²) in [7, 11) is 0. The molecule has 4 heteroatoms. The topological polar surface area (TPSA) is 75.4 Å². The van der Waals surface area contributed by atoms with E-state index in [1.165, 1.54) is 0 Å². The van der Waals surface area contributed by atoms with E-state index in [0.29, 0.717) is 6.54 Å². The maximum atomic E-state index is 11.9. The highest BCUT2D eigenvalue weighted by Gasteiger charge is 2.29. The molecule has 4 N–H and O–H groups in total. The summed E-state index contributed by atoms with van der Waals surface area (Å²) in [6.07, 6.45) is 4.92. The van der Waals surface area contributed by atoms with Gasteiger partial charge < -0.3 is 16.2 Å². The fourth-order valence-electron chi connectivity index (χ4n) is 2.45. The molecule has 0 radical (unpaired) electrons. The van der Waals surface area contributed by atoms with E-state index in [9.17, 15) is 9.90 Å². The minimum atomic E-state index is -0.0649. The lowest BCUT2D eigenvalue weighted by atomic mass is 10.00. The zero-order valence-electron chi connectivity index (χ0n) is 10.1. The van der Waals surface area contributed by atoms with Crippen molar-refractivity contribution < 1.29 is 9.90 Å². The smallest absolute Gasteiger partial charge is 0.224 e. The van der Waals surface area contributed by atoms with Gasteiger partial charge in [-0.1, -0.05) is 19.8 Å². The minimum Gasteiger partial charge on any atom is -0.396 e. The number of hydrogen-bond acceptors (Lipinski definition) is 3. The zero-order valence-corrected chi connectivity index (χ0v) is 10.1. The second kappa shape index (κ2) is 6.86. The molecule has 3 atom stereocenters. The molecule has 0 aromatic rings. The maximum Gasteiger partial charge on any atom is 0.224 e. The number of aliphatic hydroxyl groups is 1. The van der Waals surface area contributed by atoms with E-state index in [2.05, 4.69) is 12.2 Å². The lowest BCUT2D eigenvalue weighted by Gasteiger charge is -2.22. The highest BCUT2D eigenvalue weighted by atomic mass is 16.3. The van der Waals surface area contributed by atoms with Gasteiger partial charge in [0.05, 0.1) is 5.92 Å². The van der Waals surface area contributed by atoms with E-state index in [-0.39, 0.29) is 30.4 Å². The number of carbonyl (C=O) groups is 1. The Morgan fingerprint density at radius 1 is 1.56 bits per heavy atom. The Kier molecular flexibility index (Phi) is 5.77. The Hall–Kier alpha value is -0.610. The lowest BCUT2D eigenvalue weighted by molar-refractivity contribution is -0.126. The van der Waals surface area contributed by atoms with E-state index in [0.717, 1.165) is 32.1 Å². The van der Waals surface area contributed by atoms with Crippen molar-refractivity contribution in [3.05, 3.63) is 0 Å². The van der Waals surface area contributed by atoms with Gasteiger partial charge in [0.15, 0.2) is 0 Å². The molecular formula is C12H24N2O2. The number of carbonyl (C=O) groups excluding carboxylic acids is 1. The van der Waals surface area contributed by atoms with Gasteiger partial charge in [0.1, 0.15) is 0 Å². The summed E-state index contributed by atoms with van der Waals surface area (Å²) in [5.41, 5.74) is 5.59. The molecule has 16 heavy (non-hydrogen) atoms. The van der Waals surface area contributed by atoms with Gasteiger partial charge in [-0.05, 0) is 19.3 Å². The molecule has 0 bridgehead atoms. The second-order valence-corrected chi connectivity index (χ2v) is 4.71. The first kappa shape index (κ1) is 13.5. The average Bonchev–Trinajstić information content (AvgIpc) is 2.72. The third kappa shape index (κ3) is 3.46. The van der Waals surface area contributed by atoms with Crippen molar-refractivity contribution in [1.29, 1.82) is 0 Å². The normalized spacial score (nSPS) is 26.7. The minimum absolute atomic E-state index is 0.0645. The van der Waals surface area contributed by atoms with Gasteiger partial charge in [0.2, 0.25) is 5.91 Å². The van der Waals surface area contributed by atoms with Crippen molar-refractivity contribution in [2.45, 2.75) is 45.1 Å². The molecule has 1 fully saturated rings. The molecule has 1 aliphatic rings. The molecule has 0 aromatic heterocycles. The van der Waals surface area contributed by atoms with Crippen molar-refractivity contribution in [3.8, 4) is 0 Å². The van der Waals surface area contributed by atoms with Crippen LogP contribution in [0, 0.1) is 11.8 Å². The number of hydrogen-bond donors (Lipinski definition) is 3. The number of amides is 1. The summed E-state index contributed by atoms with van der Waals surface area (Å²) in [5.74, 6) is 0.239.